The van der Waals surface area contributed by atoms with Crippen LogP contribution in [0, 0.1) is 5.41 Å². The molecule has 3 aromatic rings. The normalized spacial score (nSPS) is 28.7. The quantitative estimate of drug-likeness (QED) is 0.281. The van der Waals surface area contributed by atoms with E-state index in [4.69, 9.17) is 9.47 Å². The minimum absolute atomic E-state index is 0.186. The number of aliphatic hydroxyl groups excluding tert-OH is 1. The number of nitrogens with zero attached hydrogens (tertiary/aromatic N) is 4. The van der Waals surface area contributed by atoms with Crippen LogP contribution in [0.5, 0.6) is 0 Å². The Morgan fingerprint density at radius 2 is 1.86 bits per heavy atom. The van der Waals surface area contributed by atoms with Gasteiger partial charge in [-0.1, -0.05) is 52.1 Å². The summed E-state index contributed by atoms with van der Waals surface area (Å²) in [6.07, 6.45) is 1.49. The molecule has 0 radical (unpaired) electrons. The minimum Gasteiger partial charge on any atom is -0.393 e. The Morgan fingerprint density at radius 1 is 1.19 bits per heavy atom. The Bertz CT molecular complexity index is 1260. The lowest BCUT2D eigenvalue weighted by atomic mass is 9.69. The molecule has 3 heterocycles. The first-order valence-electron chi connectivity index (χ1n) is 11.7. The highest BCUT2D eigenvalue weighted by Crippen LogP contribution is 2.59. The summed E-state index contributed by atoms with van der Waals surface area (Å²) < 4.78 is 13.5. The van der Waals surface area contributed by atoms with Crippen molar-refractivity contribution < 1.29 is 29.6 Å². The molecule has 1 aromatic carbocycles. The van der Waals surface area contributed by atoms with Crippen molar-refractivity contribution in [3.05, 3.63) is 48.5 Å². The van der Waals surface area contributed by atoms with Crippen LogP contribution in [-0.4, -0.2) is 80.8 Å². The number of hydrogen-bond donors (Lipinski definition) is 4. The van der Waals surface area contributed by atoms with Crippen LogP contribution < -0.4 is 5.32 Å². The van der Waals surface area contributed by atoms with Crippen LogP contribution in [0.4, 0.5) is 5.82 Å². The molecule has 4 rings (SSSR count). The van der Waals surface area contributed by atoms with E-state index in [0.717, 1.165) is 0 Å². The lowest BCUT2D eigenvalue weighted by molar-refractivity contribution is -0.321. The third-order valence-corrected chi connectivity index (χ3v) is 9.50. The topological polar surface area (TPSA) is 152 Å². The van der Waals surface area contributed by atoms with E-state index < -0.39 is 43.7 Å². The molecule has 1 fully saturated rings. The molecule has 0 spiro atoms. The second-order valence-electron chi connectivity index (χ2n) is 10.3. The molecule has 1 aliphatic rings. The first-order chi connectivity index (χ1) is 16.9. The van der Waals surface area contributed by atoms with Gasteiger partial charge in [0.15, 0.2) is 27.9 Å². The first-order valence-corrected chi connectivity index (χ1v) is 14.6. The molecule has 36 heavy (non-hydrogen) atoms. The Kier molecular flexibility index (Phi) is 6.56. The van der Waals surface area contributed by atoms with E-state index in [2.05, 4.69) is 20.3 Å². The number of amides is 1. The molecule has 4 atom stereocenters. The van der Waals surface area contributed by atoms with Gasteiger partial charge in [-0.2, -0.15) is 0 Å². The van der Waals surface area contributed by atoms with Gasteiger partial charge in [-0.15, -0.1) is 0 Å². The molecule has 0 saturated carbocycles. The summed E-state index contributed by atoms with van der Waals surface area (Å²) >= 11 is 0. The van der Waals surface area contributed by atoms with E-state index in [1.165, 1.54) is 19.8 Å². The number of imidazole rings is 1. The number of hydrogen-bond acceptors (Lipinski definition) is 9. The van der Waals surface area contributed by atoms with E-state index >= 15 is 0 Å². The van der Waals surface area contributed by atoms with Crippen molar-refractivity contribution in [1.29, 1.82) is 0 Å². The molecule has 4 N–H and O–H groups in total. The van der Waals surface area contributed by atoms with Gasteiger partial charge < -0.3 is 30.1 Å². The summed E-state index contributed by atoms with van der Waals surface area (Å²) in [7, 11) is -0.904. The van der Waals surface area contributed by atoms with Crippen LogP contribution in [0.1, 0.15) is 31.1 Å². The number of fused-ring (bicyclic) bond motifs is 1. The summed E-state index contributed by atoms with van der Waals surface area (Å²) in [6, 6.07) is 8.70. The minimum atomic E-state index is -2.24. The number of anilines is 1. The molecule has 1 aliphatic heterocycles. The maximum atomic E-state index is 12.8. The van der Waals surface area contributed by atoms with Crippen LogP contribution in [0.3, 0.4) is 0 Å². The molecule has 0 bridgehead atoms. The van der Waals surface area contributed by atoms with E-state index in [1.807, 2.05) is 19.2 Å². The van der Waals surface area contributed by atoms with Gasteiger partial charge in [0.25, 0.3) is 5.91 Å². The predicted octanol–water partition coefficient (Wildman–Crippen LogP) is 1.26. The Morgan fingerprint density at radius 3 is 2.42 bits per heavy atom. The summed E-state index contributed by atoms with van der Waals surface area (Å²) in [6.45, 7) is 8.63. The highest BCUT2D eigenvalue weighted by atomic mass is 28.3. The Labute approximate surface area is 210 Å². The second kappa shape index (κ2) is 8.98. The molecule has 12 heteroatoms. The number of benzene rings is 1. The number of rotatable bonds is 6. The lowest BCUT2D eigenvalue weighted by Gasteiger charge is -2.54. The number of carbonyl (C=O) groups excluding carboxylic acids is 1. The number of ether oxygens (including phenoxy) is 2. The summed E-state index contributed by atoms with van der Waals surface area (Å²) in [5.41, 5.74) is -2.01. The number of nitrogens with one attached hydrogen (secondary N) is 1. The van der Waals surface area contributed by atoms with Crippen molar-refractivity contribution in [3.8, 4) is 0 Å². The maximum absolute atomic E-state index is 12.8. The van der Waals surface area contributed by atoms with Crippen LogP contribution in [-0.2, 0) is 14.8 Å². The van der Waals surface area contributed by atoms with Crippen LogP contribution in [0.25, 0.3) is 11.2 Å². The monoisotopic (exact) mass is 515 g/mol. The van der Waals surface area contributed by atoms with E-state index in [-0.39, 0.29) is 22.9 Å². The van der Waals surface area contributed by atoms with Crippen LogP contribution in [0.2, 0.25) is 13.1 Å². The highest BCUT2D eigenvalue weighted by molar-refractivity contribution is 6.58. The molecule has 0 aliphatic carbocycles. The number of aromatic nitrogens is 4. The summed E-state index contributed by atoms with van der Waals surface area (Å²) in [5.74, 6) is -2.42. The fourth-order valence-corrected chi connectivity index (χ4v) is 8.05. The zero-order valence-electron chi connectivity index (χ0n) is 21.3. The first kappa shape index (κ1) is 26.3. The van der Waals surface area contributed by atoms with Crippen molar-refractivity contribution in [3.63, 3.8) is 0 Å². The van der Waals surface area contributed by atoms with Gasteiger partial charge in [0.2, 0.25) is 5.79 Å². The number of methoxy groups -OCH3 is 1. The van der Waals surface area contributed by atoms with Gasteiger partial charge in [-0.05, 0) is 12.1 Å². The van der Waals surface area contributed by atoms with Gasteiger partial charge in [0, 0.05) is 18.1 Å². The number of aliphatic hydroxyl groups is 3. The molecule has 0 unspecified atom stereocenters. The Balaban J connectivity index is 1.93. The third kappa shape index (κ3) is 3.44. The van der Waals surface area contributed by atoms with Crippen LogP contribution >= 0.6 is 0 Å². The third-order valence-electron chi connectivity index (χ3n) is 7.10. The second-order valence-corrected chi connectivity index (χ2v) is 13.4. The van der Waals surface area contributed by atoms with Gasteiger partial charge in [0.1, 0.15) is 21.2 Å². The zero-order chi connectivity index (χ0) is 26.5. The molecular weight excluding hydrogens is 482 g/mol. The largest absolute Gasteiger partial charge is 0.393 e. The van der Waals surface area contributed by atoms with Crippen molar-refractivity contribution in [2.45, 2.75) is 56.7 Å². The molecule has 11 nitrogen and oxygen atoms in total. The summed E-state index contributed by atoms with van der Waals surface area (Å²) in [5, 5.41) is 35.6. The highest BCUT2D eigenvalue weighted by Gasteiger charge is 2.79. The van der Waals surface area contributed by atoms with Gasteiger partial charge >= 0.3 is 0 Å². The van der Waals surface area contributed by atoms with Gasteiger partial charge in [-0.25, -0.2) is 15.0 Å². The lowest BCUT2D eigenvalue weighted by Crippen LogP contribution is -2.74. The van der Waals surface area contributed by atoms with E-state index in [9.17, 15) is 20.1 Å². The Hall–Kier alpha value is -2.74. The van der Waals surface area contributed by atoms with Gasteiger partial charge in [-0.3, -0.25) is 9.36 Å². The molecule has 1 amide bonds. The van der Waals surface area contributed by atoms with Crippen molar-refractivity contribution in [2.75, 3.05) is 19.0 Å². The zero-order valence-corrected chi connectivity index (χ0v) is 22.4. The average Bonchev–Trinajstić information content (AvgIpc) is 3.37. The molecule has 2 aromatic heterocycles. The average molecular weight is 516 g/mol. The van der Waals surface area contributed by atoms with Crippen molar-refractivity contribution in [1.82, 2.24) is 19.5 Å². The molecule has 1 saturated heterocycles. The van der Waals surface area contributed by atoms with Crippen LogP contribution in [0.15, 0.2) is 43.0 Å². The molecule has 194 valence electrons. The number of carbonyl (C=O) groups is 1. The fraction of sp³-hybridized carbons (Fsp3) is 0.500. The standard InChI is InChI=1S/C24H33N5O6Si/c1-21(2,3)23(33)22(32,34-4)16(12-30)35-24(23,36(5)6)29-14-27-17-18(25-13-26-19(17)29)28-20(31)15-10-8-7-9-11-15/h7-11,13-14,16,30,32-33,36H,12H2,1-6H3,(H,25,26,28,31)/t16-,22+,23-,24+/m1/s1. The van der Waals surface area contributed by atoms with Crippen molar-refractivity contribution in [2.24, 2.45) is 5.41 Å². The van der Waals surface area contributed by atoms with E-state index in [1.54, 1.807) is 49.6 Å². The SMILES string of the molecule is CO[C@@]1(O)[C@@H](CO)O[C@](n2cnc3c(NC(=O)c4ccccc4)ncnc32)([SiH](C)C)[C@@]1(O)C(C)(C)C. The fourth-order valence-electron chi connectivity index (χ4n) is 5.39. The maximum Gasteiger partial charge on any atom is 0.256 e. The predicted molar refractivity (Wildman–Crippen MR) is 135 cm³/mol. The molecular formula is C24H33N5O6Si. The van der Waals surface area contributed by atoms with E-state index in [0.29, 0.717) is 5.56 Å². The smallest absolute Gasteiger partial charge is 0.256 e. The van der Waals surface area contributed by atoms with Crippen molar-refractivity contribution >= 4 is 31.7 Å². The summed E-state index contributed by atoms with van der Waals surface area (Å²) in [4.78, 5) is 25.9. The van der Waals surface area contributed by atoms with Gasteiger partial charge in [0.05, 0.1) is 12.9 Å².